The molecule has 1 atom stereocenters. The third-order valence-electron chi connectivity index (χ3n) is 6.52. The van der Waals surface area contributed by atoms with E-state index >= 15 is 0 Å². The van der Waals surface area contributed by atoms with E-state index in [-0.39, 0.29) is 12.1 Å². The summed E-state index contributed by atoms with van der Waals surface area (Å²) >= 11 is 0. The lowest BCUT2D eigenvalue weighted by atomic mass is 9.94. The van der Waals surface area contributed by atoms with E-state index in [1.165, 1.54) is 32.1 Å². The van der Waals surface area contributed by atoms with E-state index in [0.29, 0.717) is 18.2 Å². The Balaban J connectivity index is 0.000000350. The molecule has 9 nitrogen and oxygen atoms in total. The van der Waals surface area contributed by atoms with Crippen molar-refractivity contribution in [1.82, 2.24) is 9.80 Å². The zero-order chi connectivity index (χ0) is 24.3. The van der Waals surface area contributed by atoms with Crippen LogP contribution in [0.15, 0.2) is 42.5 Å². The molecular weight excluding hydrogens is 438 g/mol. The number of nitrogens with zero attached hydrogens (tertiary/aromatic N) is 3. The normalized spacial score (nSPS) is 22.0. The van der Waals surface area contributed by atoms with E-state index in [0.717, 1.165) is 51.5 Å². The number of aliphatic carboxylic acids is 2. The van der Waals surface area contributed by atoms with Crippen molar-refractivity contribution >= 4 is 23.7 Å². The van der Waals surface area contributed by atoms with Crippen LogP contribution in [0, 0.1) is 0 Å². The van der Waals surface area contributed by atoms with Crippen LogP contribution in [0.25, 0.3) is 0 Å². The highest BCUT2D eigenvalue weighted by molar-refractivity contribution is 5.95. The molecule has 1 aromatic carbocycles. The minimum absolute atomic E-state index is 0.218. The average Bonchev–Trinajstić information content (AvgIpc) is 3.19. The second-order valence-corrected chi connectivity index (χ2v) is 8.84. The van der Waals surface area contributed by atoms with Crippen molar-refractivity contribution in [2.45, 2.75) is 50.6 Å². The number of hydrogen-bond donors (Lipinski definition) is 2. The molecule has 2 saturated heterocycles. The summed E-state index contributed by atoms with van der Waals surface area (Å²) in [4.78, 5) is 39.1. The Hall–Kier alpha value is -2.91. The summed E-state index contributed by atoms with van der Waals surface area (Å²) in [6, 6.07) is 11.2. The van der Waals surface area contributed by atoms with Gasteiger partial charge < -0.3 is 19.8 Å². The molecule has 0 aromatic heterocycles. The molecule has 0 spiro atoms. The van der Waals surface area contributed by atoms with Gasteiger partial charge in [0.15, 0.2) is 0 Å². The molecule has 2 amide bonds. The van der Waals surface area contributed by atoms with Crippen LogP contribution in [0.1, 0.15) is 38.5 Å². The van der Waals surface area contributed by atoms with Gasteiger partial charge in [-0.1, -0.05) is 37.5 Å². The van der Waals surface area contributed by atoms with Gasteiger partial charge in [-0.25, -0.2) is 14.4 Å². The highest BCUT2D eigenvalue weighted by Gasteiger charge is 2.41. The van der Waals surface area contributed by atoms with E-state index in [2.05, 4.69) is 26.8 Å². The summed E-state index contributed by atoms with van der Waals surface area (Å²) in [5.41, 5.74) is 1.04. The summed E-state index contributed by atoms with van der Waals surface area (Å²) in [6.07, 6.45) is 8.33. The van der Waals surface area contributed by atoms with Crippen LogP contribution in [0.3, 0.4) is 0 Å². The van der Waals surface area contributed by atoms with Gasteiger partial charge >= 0.3 is 18.0 Å². The standard InChI is InChI=1S/C21H31N3O2.C4H4O4/c25-21-23(18-7-3-1-4-8-18)17-20(11-12-22-13-15-26-16-14-22)24(21)19-9-5-2-6-10-19;5-3(6)1-2-4(7)8/h2,5-6,9-10,18,20H,1,3-4,7-8,11-17H2;1-2H,(H,5,6)(H,7,8). The van der Waals surface area contributed by atoms with Crippen LogP contribution < -0.4 is 4.90 Å². The Morgan fingerprint density at radius 2 is 1.59 bits per heavy atom. The molecule has 1 aromatic rings. The molecular formula is C25H35N3O6. The highest BCUT2D eigenvalue weighted by atomic mass is 16.5. The number of rotatable bonds is 7. The molecule has 1 unspecified atom stereocenters. The third kappa shape index (κ3) is 7.56. The summed E-state index contributed by atoms with van der Waals surface area (Å²) in [7, 11) is 0. The molecule has 0 radical (unpaired) electrons. The largest absolute Gasteiger partial charge is 0.478 e. The van der Waals surface area contributed by atoms with E-state index in [1.807, 2.05) is 18.2 Å². The molecule has 3 aliphatic rings. The lowest BCUT2D eigenvalue weighted by molar-refractivity contribution is -0.134. The monoisotopic (exact) mass is 473 g/mol. The van der Waals surface area contributed by atoms with Crippen molar-refractivity contribution in [3.63, 3.8) is 0 Å². The SMILES string of the molecule is O=C(O)C=CC(=O)O.O=C1N(C2CCCCC2)CC(CCN2CCOCC2)N1c1ccccc1. The minimum Gasteiger partial charge on any atom is -0.478 e. The number of urea groups is 1. The number of morpholine rings is 1. The number of para-hydroxylation sites is 1. The van der Waals surface area contributed by atoms with Gasteiger partial charge in [0, 0.05) is 50.1 Å². The maximum atomic E-state index is 13.3. The van der Waals surface area contributed by atoms with Crippen LogP contribution in [0.2, 0.25) is 0 Å². The number of ether oxygens (including phenoxy) is 1. The van der Waals surface area contributed by atoms with Crippen LogP contribution in [-0.2, 0) is 14.3 Å². The first-order chi connectivity index (χ1) is 16.5. The predicted molar refractivity (Wildman–Crippen MR) is 128 cm³/mol. The van der Waals surface area contributed by atoms with Crippen LogP contribution in [-0.4, -0.2) is 89.5 Å². The number of carboxylic acids is 2. The lowest BCUT2D eigenvalue weighted by Crippen LogP contribution is -2.41. The topological polar surface area (TPSA) is 111 Å². The maximum Gasteiger partial charge on any atom is 0.328 e. The van der Waals surface area contributed by atoms with Crippen molar-refractivity contribution in [3.8, 4) is 0 Å². The summed E-state index contributed by atoms with van der Waals surface area (Å²) in [6.45, 7) is 5.61. The summed E-state index contributed by atoms with van der Waals surface area (Å²) in [5, 5.41) is 15.6. The predicted octanol–water partition coefficient (Wildman–Crippen LogP) is 3.06. The van der Waals surface area contributed by atoms with E-state index in [1.54, 1.807) is 0 Å². The Morgan fingerprint density at radius 1 is 0.971 bits per heavy atom. The molecule has 186 valence electrons. The van der Waals surface area contributed by atoms with Gasteiger partial charge in [0.05, 0.1) is 19.3 Å². The lowest BCUT2D eigenvalue weighted by Gasteiger charge is -2.30. The van der Waals surface area contributed by atoms with E-state index < -0.39 is 11.9 Å². The number of anilines is 1. The zero-order valence-electron chi connectivity index (χ0n) is 19.6. The maximum absolute atomic E-state index is 13.3. The average molecular weight is 474 g/mol. The van der Waals surface area contributed by atoms with Crippen LogP contribution in [0.5, 0.6) is 0 Å². The molecule has 0 bridgehead atoms. The fraction of sp³-hybridized carbons (Fsp3) is 0.560. The molecule has 9 heteroatoms. The summed E-state index contributed by atoms with van der Waals surface area (Å²) < 4.78 is 5.46. The van der Waals surface area contributed by atoms with Gasteiger partial charge in [-0.3, -0.25) is 9.80 Å². The van der Waals surface area contributed by atoms with Crippen molar-refractivity contribution in [2.24, 2.45) is 0 Å². The molecule has 2 N–H and O–H groups in total. The minimum atomic E-state index is -1.26. The molecule has 34 heavy (non-hydrogen) atoms. The van der Waals surface area contributed by atoms with Crippen molar-refractivity contribution in [3.05, 3.63) is 42.5 Å². The van der Waals surface area contributed by atoms with Gasteiger partial charge in [-0.05, 0) is 31.4 Å². The molecule has 1 aliphatic carbocycles. The Bertz CT molecular complexity index is 818. The first-order valence-electron chi connectivity index (χ1n) is 12.0. The molecule has 2 aliphatic heterocycles. The quantitative estimate of drug-likeness (QED) is 0.586. The zero-order valence-corrected chi connectivity index (χ0v) is 19.6. The van der Waals surface area contributed by atoms with Gasteiger partial charge in [0.25, 0.3) is 0 Å². The molecule has 3 fully saturated rings. The Morgan fingerprint density at radius 3 is 2.18 bits per heavy atom. The van der Waals surface area contributed by atoms with Gasteiger partial charge in [0.1, 0.15) is 0 Å². The fourth-order valence-electron chi connectivity index (χ4n) is 4.81. The number of amides is 2. The Kier molecular flexibility index (Phi) is 9.90. The van der Waals surface area contributed by atoms with E-state index in [4.69, 9.17) is 14.9 Å². The third-order valence-corrected chi connectivity index (χ3v) is 6.52. The van der Waals surface area contributed by atoms with Gasteiger partial charge in [-0.15, -0.1) is 0 Å². The van der Waals surface area contributed by atoms with Gasteiger partial charge in [0.2, 0.25) is 0 Å². The van der Waals surface area contributed by atoms with Crippen molar-refractivity contribution in [1.29, 1.82) is 0 Å². The first-order valence-corrected chi connectivity index (χ1v) is 12.0. The molecule has 4 rings (SSSR count). The van der Waals surface area contributed by atoms with Crippen molar-refractivity contribution < 1.29 is 29.3 Å². The fourth-order valence-corrected chi connectivity index (χ4v) is 4.81. The number of benzene rings is 1. The smallest absolute Gasteiger partial charge is 0.328 e. The molecule has 1 saturated carbocycles. The first kappa shape index (κ1) is 25.7. The number of hydrogen-bond acceptors (Lipinski definition) is 5. The number of carbonyl (C=O) groups excluding carboxylic acids is 1. The second-order valence-electron chi connectivity index (χ2n) is 8.84. The number of carbonyl (C=O) groups is 3. The van der Waals surface area contributed by atoms with E-state index in [9.17, 15) is 14.4 Å². The second kappa shape index (κ2) is 13.1. The molecule has 2 heterocycles. The highest BCUT2D eigenvalue weighted by Crippen LogP contribution is 2.32. The summed E-state index contributed by atoms with van der Waals surface area (Å²) in [5.74, 6) is -2.51. The van der Waals surface area contributed by atoms with Crippen LogP contribution >= 0.6 is 0 Å². The Labute approximate surface area is 200 Å². The van der Waals surface area contributed by atoms with Gasteiger partial charge in [-0.2, -0.15) is 0 Å². The number of carboxylic acid groups (broad SMARTS) is 2. The van der Waals surface area contributed by atoms with Crippen molar-refractivity contribution in [2.75, 3.05) is 44.3 Å². The van der Waals surface area contributed by atoms with Crippen LogP contribution in [0.4, 0.5) is 10.5 Å².